The molecule has 0 aliphatic carbocycles. The van der Waals surface area contributed by atoms with E-state index in [1.165, 1.54) is 0 Å². The van der Waals surface area contributed by atoms with Gasteiger partial charge >= 0.3 is 5.24 Å². The molecule has 0 unspecified atom stereocenters. The van der Waals surface area contributed by atoms with Crippen molar-refractivity contribution in [2.24, 2.45) is 0 Å². The van der Waals surface area contributed by atoms with E-state index >= 15 is 0 Å². The fourth-order valence-electron chi connectivity index (χ4n) is 0.933. The molecule has 4 nitrogen and oxygen atoms in total. The van der Waals surface area contributed by atoms with E-state index in [2.05, 4.69) is 12.6 Å². The molecule has 0 aliphatic rings. The highest BCUT2D eigenvalue weighted by Crippen LogP contribution is 1.96. The van der Waals surface area contributed by atoms with Gasteiger partial charge < -0.3 is 14.4 Å². The summed E-state index contributed by atoms with van der Waals surface area (Å²) in [6.07, 6.45) is 0. The normalized spacial score (nSPS) is 10.1. The van der Waals surface area contributed by atoms with Crippen LogP contribution in [-0.4, -0.2) is 49.7 Å². The van der Waals surface area contributed by atoms with Gasteiger partial charge in [-0.05, 0) is 26.5 Å². The Kier molecular flexibility index (Phi) is 8.92. The maximum atomic E-state index is 11.0. The molecule has 1 radical (unpaired) electrons. The first-order valence-corrected chi connectivity index (χ1v) is 5.24. The average molecular weight is 220 g/mol. The van der Waals surface area contributed by atoms with Crippen molar-refractivity contribution in [1.29, 1.82) is 0 Å². The summed E-state index contributed by atoms with van der Waals surface area (Å²) >= 11 is 4.58. The van der Waals surface area contributed by atoms with Gasteiger partial charge in [0, 0.05) is 26.3 Å². The molecule has 0 N–H and O–H groups in total. The number of ether oxygens (including phenoxy) is 2. The van der Waals surface area contributed by atoms with Gasteiger partial charge in [-0.1, -0.05) is 0 Å². The second-order valence-electron chi connectivity index (χ2n) is 2.65. The first-order chi connectivity index (χ1) is 6.72. The molecule has 0 fully saturated rings. The van der Waals surface area contributed by atoms with Crippen molar-refractivity contribution in [1.82, 2.24) is 4.90 Å². The molecule has 0 atom stereocenters. The molecule has 0 saturated carbocycles. The molecule has 14 heavy (non-hydrogen) atoms. The first-order valence-electron chi connectivity index (χ1n) is 4.83. The standard InChI is InChI=1S/C9H18NO3S/c1-3-12-7-5-10(9(11)14)6-8-13-4-2/h3-8H2,1-2H3. The Hall–Kier alpha value is -0.390. The summed E-state index contributed by atoms with van der Waals surface area (Å²) < 4.78 is 10.3. The maximum absolute atomic E-state index is 11.0. The van der Waals surface area contributed by atoms with E-state index in [9.17, 15) is 4.79 Å². The van der Waals surface area contributed by atoms with E-state index in [4.69, 9.17) is 9.47 Å². The minimum atomic E-state index is -0.343. The molecule has 0 heterocycles. The molecular formula is C9H18NO3S. The Morgan fingerprint density at radius 2 is 1.57 bits per heavy atom. The van der Waals surface area contributed by atoms with Crippen molar-refractivity contribution < 1.29 is 14.3 Å². The second kappa shape index (κ2) is 9.18. The lowest BCUT2D eigenvalue weighted by molar-refractivity contribution is 0.0985. The Morgan fingerprint density at radius 1 is 1.14 bits per heavy atom. The highest BCUT2D eigenvalue weighted by molar-refractivity contribution is 7.96. The van der Waals surface area contributed by atoms with E-state index in [1.54, 1.807) is 4.90 Å². The van der Waals surface area contributed by atoms with Gasteiger partial charge in [0.15, 0.2) is 0 Å². The number of carbonyl (C=O) groups excluding carboxylic acids is 1. The van der Waals surface area contributed by atoms with E-state index in [0.29, 0.717) is 39.5 Å². The molecule has 0 saturated heterocycles. The van der Waals surface area contributed by atoms with Gasteiger partial charge in [-0.3, -0.25) is 4.79 Å². The molecule has 83 valence electrons. The molecule has 0 spiro atoms. The molecule has 0 aromatic rings. The van der Waals surface area contributed by atoms with Crippen LogP contribution in [0.15, 0.2) is 0 Å². The van der Waals surface area contributed by atoms with Gasteiger partial charge in [0.05, 0.1) is 13.2 Å². The summed E-state index contributed by atoms with van der Waals surface area (Å²) in [4.78, 5) is 12.5. The number of carbonyl (C=O) groups is 1. The quantitative estimate of drug-likeness (QED) is 0.584. The summed E-state index contributed by atoms with van der Waals surface area (Å²) in [6, 6.07) is 0. The molecule has 5 heteroatoms. The Labute approximate surface area is 91.0 Å². The van der Waals surface area contributed by atoms with Gasteiger partial charge in [-0.2, -0.15) is 0 Å². The Morgan fingerprint density at radius 3 is 1.86 bits per heavy atom. The van der Waals surface area contributed by atoms with Gasteiger partial charge in [0.1, 0.15) is 0 Å². The fourth-order valence-corrected chi connectivity index (χ4v) is 1.12. The average Bonchev–Trinajstić information content (AvgIpc) is 2.15. The summed E-state index contributed by atoms with van der Waals surface area (Å²) in [6.45, 7) is 7.30. The summed E-state index contributed by atoms with van der Waals surface area (Å²) in [7, 11) is 0. The first kappa shape index (κ1) is 13.6. The number of hydrogen-bond acceptors (Lipinski definition) is 3. The molecule has 0 rings (SSSR count). The predicted octanol–water partition coefficient (Wildman–Crippen LogP) is 1.68. The van der Waals surface area contributed by atoms with Crippen molar-refractivity contribution in [3.8, 4) is 0 Å². The van der Waals surface area contributed by atoms with Gasteiger partial charge in [-0.25, -0.2) is 0 Å². The van der Waals surface area contributed by atoms with Crippen LogP contribution in [0.4, 0.5) is 4.79 Å². The zero-order chi connectivity index (χ0) is 10.8. The van der Waals surface area contributed by atoms with E-state index < -0.39 is 0 Å². The molecule has 0 aromatic carbocycles. The van der Waals surface area contributed by atoms with Crippen LogP contribution < -0.4 is 0 Å². The third-order valence-corrected chi connectivity index (χ3v) is 1.94. The van der Waals surface area contributed by atoms with Crippen molar-refractivity contribution in [2.75, 3.05) is 39.5 Å². The van der Waals surface area contributed by atoms with Crippen LogP contribution in [0.3, 0.4) is 0 Å². The maximum Gasteiger partial charge on any atom is 0.313 e. The van der Waals surface area contributed by atoms with E-state index in [1.807, 2.05) is 13.8 Å². The predicted molar refractivity (Wildman–Crippen MR) is 57.5 cm³/mol. The molecular weight excluding hydrogens is 202 g/mol. The van der Waals surface area contributed by atoms with Crippen molar-refractivity contribution in [3.63, 3.8) is 0 Å². The monoisotopic (exact) mass is 220 g/mol. The van der Waals surface area contributed by atoms with Gasteiger partial charge in [0.2, 0.25) is 0 Å². The number of hydrogen-bond donors (Lipinski definition) is 0. The van der Waals surface area contributed by atoms with Gasteiger partial charge in [-0.15, -0.1) is 0 Å². The highest BCUT2D eigenvalue weighted by Gasteiger charge is 2.09. The summed E-state index contributed by atoms with van der Waals surface area (Å²) in [5.74, 6) is 0. The van der Waals surface area contributed by atoms with Gasteiger partial charge in [0.25, 0.3) is 0 Å². The number of amides is 1. The van der Waals surface area contributed by atoms with Crippen molar-refractivity contribution in [3.05, 3.63) is 0 Å². The van der Waals surface area contributed by atoms with Crippen LogP contribution in [0, 0.1) is 0 Å². The smallest absolute Gasteiger partial charge is 0.313 e. The van der Waals surface area contributed by atoms with Crippen LogP contribution in [-0.2, 0) is 9.47 Å². The molecule has 0 bridgehead atoms. The zero-order valence-corrected chi connectivity index (χ0v) is 9.64. The highest BCUT2D eigenvalue weighted by atomic mass is 32.1. The molecule has 1 amide bonds. The Balaban J connectivity index is 3.61. The lowest BCUT2D eigenvalue weighted by Crippen LogP contribution is -2.33. The molecule has 0 aliphatic heterocycles. The summed E-state index contributed by atoms with van der Waals surface area (Å²) in [5, 5.41) is -0.343. The minimum absolute atomic E-state index is 0.343. The van der Waals surface area contributed by atoms with Crippen LogP contribution in [0.5, 0.6) is 0 Å². The number of rotatable bonds is 8. The summed E-state index contributed by atoms with van der Waals surface area (Å²) in [5.41, 5.74) is 0. The lowest BCUT2D eigenvalue weighted by Gasteiger charge is -2.19. The van der Waals surface area contributed by atoms with Crippen LogP contribution in [0.25, 0.3) is 0 Å². The van der Waals surface area contributed by atoms with E-state index in [-0.39, 0.29) is 5.24 Å². The third kappa shape index (κ3) is 7.06. The topological polar surface area (TPSA) is 38.8 Å². The Bertz CT molecular complexity index is 145. The fraction of sp³-hybridized carbons (Fsp3) is 0.889. The van der Waals surface area contributed by atoms with Crippen molar-refractivity contribution in [2.45, 2.75) is 13.8 Å². The zero-order valence-electron chi connectivity index (χ0n) is 8.82. The largest absolute Gasteiger partial charge is 0.380 e. The minimum Gasteiger partial charge on any atom is -0.380 e. The van der Waals surface area contributed by atoms with Crippen LogP contribution in [0.2, 0.25) is 0 Å². The third-order valence-electron chi connectivity index (χ3n) is 1.68. The second-order valence-corrected chi connectivity index (χ2v) is 3.00. The molecule has 0 aromatic heterocycles. The van der Waals surface area contributed by atoms with E-state index in [0.717, 1.165) is 0 Å². The number of nitrogens with zero attached hydrogens (tertiary/aromatic N) is 1. The van der Waals surface area contributed by atoms with Crippen molar-refractivity contribution >= 4 is 17.9 Å². The SMILES string of the molecule is CCOCCN(CCOCC)C(=O)[S]. The van der Waals surface area contributed by atoms with Crippen LogP contribution in [0.1, 0.15) is 13.8 Å². The lowest BCUT2D eigenvalue weighted by atomic mass is 10.5. The van der Waals surface area contributed by atoms with Crippen LogP contribution >= 0.6 is 12.6 Å².